The number of nitrogens with zero attached hydrogens (tertiary/aromatic N) is 1. The van der Waals surface area contributed by atoms with E-state index in [1.54, 1.807) is 0 Å². The molecule has 1 fully saturated rings. The third-order valence-electron chi connectivity index (χ3n) is 3.71. The van der Waals surface area contributed by atoms with Gasteiger partial charge in [-0.2, -0.15) is 0 Å². The maximum Gasteiger partial charge on any atom is 0.0198 e. The van der Waals surface area contributed by atoms with Gasteiger partial charge in [-0.25, -0.2) is 0 Å². The van der Waals surface area contributed by atoms with E-state index in [4.69, 9.17) is 0 Å². The van der Waals surface area contributed by atoms with E-state index in [0.29, 0.717) is 0 Å². The quantitative estimate of drug-likeness (QED) is 0.718. The van der Waals surface area contributed by atoms with Gasteiger partial charge in [-0.05, 0) is 38.3 Å². The summed E-state index contributed by atoms with van der Waals surface area (Å²) < 4.78 is 0. The molecule has 0 bridgehead atoms. The molecule has 1 aliphatic rings. The molecule has 2 nitrogen and oxygen atoms in total. The largest absolute Gasteiger partial charge is 0.313 e. The van der Waals surface area contributed by atoms with E-state index in [9.17, 15) is 0 Å². The Hall–Kier alpha value is -0.0800. The molecule has 1 N–H and O–H groups in total. The second-order valence-electron chi connectivity index (χ2n) is 5.25. The maximum absolute atomic E-state index is 3.70. The van der Waals surface area contributed by atoms with Crippen LogP contribution < -0.4 is 5.32 Å². The Kier molecular flexibility index (Phi) is 7.06. The van der Waals surface area contributed by atoms with E-state index in [0.717, 1.165) is 12.0 Å². The van der Waals surface area contributed by atoms with Crippen molar-refractivity contribution in [2.75, 3.05) is 26.2 Å². The Balaban J connectivity index is 2.34. The van der Waals surface area contributed by atoms with Gasteiger partial charge in [-0.15, -0.1) is 0 Å². The SMILES string of the molecule is CCCCC1CC(NCCC)CN(CC)C1. The summed E-state index contributed by atoms with van der Waals surface area (Å²) in [5.41, 5.74) is 0. The minimum Gasteiger partial charge on any atom is -0.313 e. The maximum atomic E-state index is 3.70. The van der Waals surface area contributed by atoms with Crippen molar-refractivity contribution in [1.29, 1.82) is 0 Å². The fraction of sp³-hybridized carbons (Fsp3) is 1.00. The summed E-state index contributed by atoms with van der Waals surface area (Å²) in [6.07, 6.45) is 6.83. The Labute approximate surface area is 102 Å². The number of piperidine rings is 1. The van der Waals surface area contributed by atoms with Crippen LogP contribution in [-0.2, 0) is 0 Å². The molecule has 0 aromatic carbocycles. The molecule has 16 heavy (non-hydrogen) atoms. The molecule has 1 heterocycles. The Morgan fingerprint density at radius 1 is 1.12 bits per heavy atom. The highest BCUT2D eigenvalue weighted by Crippen LogP contribution is 2.21. The van der Waals surface area contributed by atoms with Gasteiger partial charge in [-0.3, -0.25) is 0 Å². The fourth-order valence-corrected chi connectivity index (χ4v) is 2.76. The highest BCUT2D eigenvalue weighted by atomic mass is 15.2. The van der Waals surface area contributed by atoms with Crippen LogP contribution in [0.3, 0.4) is 0 Å². The summed E-state index contributed by atoms with van der Waals surface area (Å²) in [4.78, 5) is 2.62. The van der Waals surface area contributed by atoms with Crippen molar-refractivity contribution >= 4 is 0 Å². The van der Waals surface area contributed by atoms with Gasteiger partial charge in [0.15, 0.2) is 0 Å². The summed E-state index contributed by atoms with van der Waals surface area (Å²) in [5.74, 6) is 0.933. The molecule has 0 saturated carbocycles. The lowest BCUT2D eigenvalue weighted by Gasteiger charge is -2.38. The van der Waals surface area contributed by atoms with Crippen LogP contribution >= 0.6 is 0 Å². The van der Waals surface area contributed by atoms with Crippen molar-refractivity contribution in [3.63, 3.8) is 0 Å². The first-order valence-electron chi connectivity index (χ1n) is 7.25. The van der Waals surface area contributed by atoms with Crippen molar-refractivity contribution in [2.45, 2.75) is 58.9 Å². The second kappa shape index (κ2) is 8.08. The van der Waals surface area contributed by atoms with Crippen LogP contribution in [0.2, 0.25) is 0 Å². The number of unbranched alkanes of at least 4 members (excludes halogenated alkanes) is 1. The molecule has 2 atom stereocenters. The highest BCUT2D eigenvalue weighted by molar-refractivity contribution is 4.82. The number of rotatable bonds is 7. The van der Waals surface area contributed by atoms with Gasteiger partial charge in [0.1, 0.15) is 0 Å². The topological polar surface area (TPSA) is 15.3 Å². The molecule has 1 rings (SSSR count). The predicted molar refractivity (Wildman–Crippen MR) is 71.8 cm³/mol. The van der Waals surface area contributed by atoms with Crippen molar-refractivity contribution in [1.82, 2.24) is 10.2 Å². The lowest BCUT2D eigenvalue weighted by molar-refractivity contribution is 0.140. The number of hydrogen-bond acceptors (Lipinski definition) is 2. The average Bonchev–Trinajstić information content (AvgIpc) is 2.33. The van der Waals surface area contributed by atoms with Crippen LogP contribution in [0.25, 0.3) is 0 Å². The summed E-state index contributed by atoms with van der Waals surface area (Å²) in [6, 6.07) is 0.746. The van der Waals surface area contributed by atoms with Crippen LogP contribution in [-0.4, -0.2) is 37.1 Å². The van der Waals surface area contributed by atoms with Gasteiger partial charge in [-0.1, -0.05) is 33.6 Å². The first kappa shape index (κ1) is 14.0. The van der Waals surface area contributed by atoms with Gasteiger partial charge in [0, 0.05) is 19.1 Å². The summed E-state index contributed by atoms with van der Waals surface area (Å²) >= 11 is 0. The number of hydrogen-bond donors (Lipinski definition) is 1. The third-order valence-corrected chi connectivity index (χ3v) is 3.71. The normalized spacial score (nSPS) is 27.2. The van der Waals surface area contributed by atoms with E-state index in [1.807, 2.05) is 0 Å². The molecule has 0 radical (unpaired) electrons. The minimum absolute atomic E-state index is 0.746. The van der Waals surface area contributed by atoms with Gasteiger partial charge in [0.2, 0.25) is 0 Å². The molecular formula is C14H30N2. The molecule has 2 heteroatoms. The molecule has 1 aliphatic heterocycles. The first-order valence-corrected chi connectivity index (χ1v) is 7.25. The summed E-state index contributed by atoms with van der Waals surface area (Å²) in [5, 5.41) is 3.70. The fourth-order valence-electron chi connectivity index (χ4n) is 2.76. The Morgan fingerprint density at radius 3 is 2.56 bits per heavy atom. The average molecular weight is 226 g/mol. The lowest BCUT2D eigenvalue weighted by atomic mass is 9.90. The van der Waals surface area contributed by atoms with Crippen LogP contribution in [0, 0.1) is 5.92 Å². The predicted octanol–water partition coefficient (Wildman–Crippen LogP) is 2.89. The van der Waals surface area contributed by atoms with E-state index >= 15 is 0 Å². The molecule has 96 valence electrons. The summed E-state index contributed by atoms with van der Waals surface area (Å²) in [6.45, 7) is 11.8. The standard InChI is InChI=1S/C14H30N2/c1-4-7-8-13-10-14(15-9-5-2)12-16(6-3)11-13/h13-15H,4-12H2,1-3H3. The molecule has 0 aliphatic carbocycles. The summed E-state index contributed by atoms with van der Waals surface area (Å²) in [7, 11) is 0. The molecule has 0 amide bonds. The van der Waals surface area contributed by atoms with Gasteiger partial charge < -0.3 is 10.2 Å². The molecule has 0 aromatic heterocycles. The van der Waals surface area contributed by atoms with E-state index < -0.39 is 0 Å². The lowest BCUT2D eigenvalue weighted by Crippen LogP contribution is -2.49. The Bertz CT molecular complexity index is 154. The molecular weight excluding hydrogens is 196 g/mol. The molecule has 0 spiro atoms. The van der Waals surface area contributed by atoms with Crippen molar-refractivity contribution < 1.29 is 0 Å². The van der Waals surface area contributed by atoms with Crippen LogP contribution in [0.4, 0.5) is 0 Å². The zero-order valence-electron chi connectivity index (χ0n) is 11.5. The number of likely N-dealkylation sites (tertiary alicyclic amines) is 1. The van der Waals surface area contributed by atoms with Gasteiger partial charge in [0.25, 0.3) is 0 Å². The monoisotopic (exact) mass is 226 g/mol. The van der Waals surface area contributed by atoms with Crippen molar-refractivity contribution in [2.24, 2.45) is 5.92 Å². The molecule has 2 unspecified atom stereocenters. The first-order chi connectivity index (χ1) is 7.80. The number of likely N-dealkylation sites (N-methyl/N-ethyl adjacent to an activating group) is 1. The minimum atomic E-state index is 0.746. The van der Waals surface area contributed by atoms with E-state index in [-0.39, 0.29) is 0 Å². The van der Waals surface area contributed by atoms with E-state index in [2.05, 4.69) is 31.0 Å². The zero-order valence-corrected chi connectivity index (χ0v) is 11.5. The van der Waals surface area contributed by atoms with Crippen LogP contribution in [0.15, 0.2) is 0 Å². The second-order valence-corrected chi connectivity index (χ2v) is 5.25. The van der Waals surface area contributed by atoms with Crippen molar-refractivity contribution in [3.8, 4) is 0 Å². The third kappa shape index (κ3) is 4.84. The molecule has 1 saturated heterocycles. The van der Waals surface area contributed by atoms with Crippen LogP contribution in [0.5, 0.6) is 0 Å². The van der Waals surface area contributed by atoms with Crippen LogP contribution in [0.1, 0.15) is 52.9 Å². The smallest absolute Gasteiger partial charge is 0.0198 e. The van der Waals surface area contributed by atoms with E-state index in [1.165, 1.54) is 58.3 Å². The van der Waals surface area contributed by atoms with Gasteiger partial charge in [0.05, 0.1) is 0 Å². The zero-order chi connectivity index (χ0) is 11.8. The van der Waals surface area contributed by atoms with Crippen molar-refractivity contribution in [3.05, 3.63) is 0 Å². The van der Waals surface area contributed by atoms with Gasteiger partial charge >= 0.3 is 0 Å². The number of nitrogens with one attached hydrogen (secondary N) is 1. The molecule has 0 aromatic rings. The highest BCUT2D eigenvalue weighted by Gasteiger charge is 2.25. The Morgan fingerprint density at radius 2 is 1.94 bits per heavy atom.